The fraction of sp³-hybridized carbons (Fsp3) is 0.0500. The molecule has 0 aliphatic rings. The summed E-state index contributed by atoms with van der Waals surface area (Å²) in [5, 5.41) is 12.3. The van der Waals surface area contributed by atoms with Gasteiger partial charge in [-0.15, -0.1) is 0 Å². The maximum atomic E-state index is 12.4. The topological polar surface area (TPSA) is 88.1 Å². The van der Waals surface area contributed by atoms with Crippen LogP contribution >= 0.6 is 11.3 Å². The zero-order valence-electron chi connectivity index (χ0n) is 14.0. The Morgan fingerprint density at radius 3 is 2.81 bits per heavy atom. The van der Waals surface area contributed by atoms with Crippen LogP contribution < -0.4 is 10.1 Å². The molecule has 0 saturated carbocycles. The highest BCUT2D eigenvalue weighted by atomic mass is 32.1. The Morgan fingerprint density at radius 1 is 1.15 bits per heavy atom. The number of carbonyl (C=O) groups is 1. The molecular weight excluding hydrogens is 362 g/mol. The molecule has 2 heterocycles. The Balaban J connectivity index is 1.42. The van der Waals surface area contributed by atoms with Crippen molar-refractivity contribution in [1.82, 2.24) is 4.98 Å². The van der Waals surface area contributed by atoms with Gasteiger partial charge in [-0.3, -0.25) is 10.1 Å². The van der Waals surface area contributed by atoms with Crippen molar-refractivity contribution in [1.29, 1.82) is 5.26 Å². The molecule has 2 aromatic carbocycles. The zero-order valence-corrected chi connectivity index (χ0v) is 14.8. The number of rotatable bonds is 5. The molecule has 0 fully saturated rings. The molecule has 4 rings (SSSR count). The summed E-state index contributed by atoms with van der Waals surface area (Å²) < 4.78 is 12.1. The van der Waals surface area contributed by atoms with Crippen LogP contribution in [0.3, 0.4) is 0 Å². The molecule has 6 nitrogen and oxygen atoms in total. The minimum absolute atomic E-state index is 0.118. The van der Waals surface area contributed by atoms with Gasteiger partial charge in [-0.1, -0.05) is 35.6 Å². The number of aromatic nitrogens is 1. The average molecular weight is 375 g/mol. The second-order valence-electron chi connectivity index (χ2n) is 5.60. The predicted molar refractivity (Wildman–Crippen MR) is 102 cm³/mol. The lowest BCUT2D eigenvalue weighted by Crippen LogP contribution is -2.10. The molecule has 0 aliphatic heterocycles. The maximum Gasteiger partial charge on any atom is 0.293 e. The van der Waals surface area contributed by atoms with Crippen molar-refractivity contribution in [2.24, 2.45) is 0 Å². The summed E-state index contributed by atoms with van der Waals surface area (Å²) in [6.07, 6.45) is 0. The van der Waals surface area contributed by atoms with Crippen molar-refractivity contribution in [2.75, 3.05) is 5.32 Å². The number of nitriles is 1. The molecular formula is C20H13N3O3S. The van der Waals surface area contributed by atoms with Crippen molar-refractivity contribution >= 4 is 32.6 Å². The molecule has 27 heavy (non-hydrogen) atoms. The smallest absolute Gasteiger partial charge is 0.293 e. The van der Waals surface area contributed by atoms with Crippen molar-refractivity contribution in [3.05, 3.63) is 77.7 Å². The average Bonchev–Trinajstić information content (AvgIpc) is 3.33. The van der Waals surface area contributed by atoms with E-state index in [0.29, 0.717) is 22.2 Å². The highest BCUT2D eigenvalue weighted by molar-refractivity contribution is 7.22. The number of ether oxygens (including phenoxy) is 1. The molecule has 2 aromatic heterocycles. The molecule has 4 aromatic rings. The standard InChI is InChI=1S/C20H13N3O3S/c21-11-13-5-1-3-7-16(13)25-12-14-9-10-17(26-14)19(24)23-20-22-15-6-2-4-8-18(15)27-20/h1-10H,12H2,(H,22,23,24). The van der Waals surface area contributed by atoms with Crippen molar-refractivity contribution in [3.63, 3.8) is 0 Å². The molecule has 0 bridgehead atoms. The third kappa shape index (κ3) is 3.66. The van der Waals surface area contributed by atoms with E-state index in [1.807, 2.05) is 24.3 Å². The van der Waals surface area contributed by atoms with Crippen LogP contribution in [0.4, 0.5) is 5.13 Å². The van der Waals surface area contributed by atoms with Crippen LogP contribution in [0.25, 0.3) is 10.2 Å². The van der Waals surface area contributed by atoms with Crippen LogP contribution in [0, 0.1) is 11.3 Å². The number of para-hydroxylation sites is 2. The molecule has 0 unspecified atom stereocenters. The summed E-state index contributed by atoms with van der Waals surface area (Å²) in [7, 11) is 0. The van der Waals surface area contributed by atoms with Crippen LogP contribution in [0.15, 0.2) is 65.1 Å². The second kappa shape index (κ2) is 7.32. The van der Waals surface area contributed by atoms with Crippen LogP contribution in [0.1, 0.15) is 21.9 Å². The van der Waals surface area contributed by atoms with Crippen molar-refractivity contribution < 1.29 is 13.9 Å². The van der Waals surface area contributed by atoms with Gasteiger partial charge in [0, 0.05) is 0 Å². The first-order chi connectivity index (χ1) is 13.2. The number of nitrogens with one attached hydrogen (secondary N) is 1. The van der Waals surface area contributed by atoms with Gasteiger partial charge < -0.3 is 9.15 Å². The van der Waals surface area contributed by atoms with E-state index < -0.39 is 0 Å². The number of benzene rings is 2. The minimum Gasteiger partial charge on any atom is -0.484 e. The molecule has 0 atom stereocenters. The number of furan rings is 1. The number of thiazole rings is 1. The van der Waals surface area contributed by atoms with Gasteiger partial charge in [0.15, 0.2) is 10.9 Å². The first-order valence-corrected chi connectivity index (χ1v) is 8.92. The Hall–Kier alpha value is -3.63. The maximum absolute atomic E-state index is 12.4. The number of anilines is 1. The highest BCUT2D eigenvalue weighted by Gasteiger charge is 2.14. The van der Waals surface area contributed by atoms with E-state index in [4.69, 9.17) is 14.4 Å². The van der Waals surface area contributed by atoms with Gasteiger partial charge in [-0.25, -0.2) is 4.98 Å². The van der Waals surface area contributed by atoms with E-state index in [1.54, 1.807) is 36.4 Å². The van der Waals surface area contributed by atoms with E-state index in [9.17, 15) is 4.79 Å². The summed E-state index contributed by atoms with van der Waals surface area (Å²) >= 11 is 1.40. The largest absolute Gasteiger partial charge is 0.484 e. The van der Waals surface area contributed by atoms with Gasteiger partial charge in [-0.05, 0) is 36.4 Å². The van der Waals surface area contributed by atoms with Crippen molar-refractivity contribution in [3.8, 4) is 11.8 Å². The third-order valence-corrected chi connectivity index (χ3v) is 4.73. The van der Waals surface area contributed by atoms with Gasteiger partial charge in [0.1, 0.15) is 24.2 Å². The predicted octanol–water partition coefficient (Wildman–Crippen LogP) is 4.59. The first kappa shape index (κ1) is 16.8. The number of hydrogen-bond donors (Lipinski definition) is 1. The van der Waals surface area contributed by atoms with Gasteiger partial charge in [0.25, 0.3) is 5.91 Å². The fourth-order valence-electron chi connectivity index (χ4n) is 2.50. The lowest BCUT2D eigenvalue weighted by molar-refractivity contribution is 0.0992. The Morgan fingerprint density at radius 2 is 1.96 bits per heavy atom. The van der Waals surface area contributed by atoms with E-state index in [1.165, 1.54) is 11.3 Å². The Kier molecular flexibility index (Phi) is 4.56. The molecule has 1 amide bonds. The normalized spacial score (nSPS) is 10.5. The fourth-order valence-corrected chi connectivity index (χ4v) is 3.36. The molecule has 0 spiro atoms. The summed E-state index contributed by atoms with van der Waals surface area (Å²) in [5.74, 6) is 0.744. The quantitative estimate of drug-likeness (QED) is 0.551. The third-order valence-electron chi connectivity index (χ3n) is 3.78. The van der Waals surface area contributed by atoms with Gasteiger partial charge >= 0.3 is 0 Å². The Labute approximate surface area is 158 Å². The molecule has 1 N–H and O–H groups in total. The lowest BCUT2D eigenvalue weighted by Gasteiger charge is -2.05. The van der Waals surface area contributed by atoms with E-state index in [-0.39, 0.29) is 18.3 Å². The molecule has 0 saturated heterocycles. The van der Waals surface area contributed by atoms with Gasteiger partial charge in [0.2, 0.25) is 0 Å². The van der Waals surface area contributed by atoms with Gasteiger partial charge in [-0.2, -0.15) is 5.26 Å². The Bertz CT molecular complexity index is 1120. The van der Waals surface area contributed by atoms with Crippen LogP contribution in [-0.4, -0.2) is 10.9 Å². The number of nitrogens with zero attached hydrogens (tertiary/aromatic N) is 2. The van der Waals surface area contributed by atoms with Crippen molar-refractivity contribution in [2.45, 2.75) is 6.61 Å². The first-order valence-electron chi connectivity index (χ1n) is 8.10. The molecule has 0 aliphatic carbocycles. The number of fused-ring (bicyclic) bond motifs is 1. The lowest BCUT2D eigenvalue weighted by atomic mass is 10.2. The van der Waals surface area contributed by atoms with E-state index in [2.05, 4.69) is 16.4 Å². The molecule has 7 heteroatoms. The number of hydrogen-bond acceptors (Lipinski definition) is 6. The SMILES string of the molecule is N#Cc1ccccc1OCc1ccc(C(=O)Nc2nc3ccccc3s2)o1. The molecule has 0 radical (unpaired) electrons. The summed E-state index contributed by atoms with van der Waals surface area (Å²) in [6, 6.07) is 19.9. The number of carbonyl (C=O) groups excluding carboxylic acids is 1. The summed E-state index contributed by atoms with van der Waals surface area (Å²) in [4.78, 5) is 16.7. The van der Waals surface area contributed by atoms with Gasteiger partial charge in [0.05, 0.1) is 15.8 Å². The van der Waals surface area contributed by atoms with Crippen LogP contribution in [0.2, 0.25) is 0 Å². The number of amides is 1. The summed E-state index contributed by atoms with van der Waals surface area (Å²) in [5.41, 5.74) is 1.28. The van der Waals surface area contributed by atoms with Crippen LogP contribution in [0.5, 0.6) is 5.75 Å². The minimum atomic E-state index is -0.377. The summed E-state index contributed by atoms with van der Waals surface area (Å²) in [6.45, 7) is 0.118. The monoisotopic (exact) mass is 375 g/mol. The second-order valence-corrected chi connectivity index (χ2v) is 6.63. The molecule has 132 valence electrons. The highest BCUT2D eigenvalue weighted by Crippen LogP contribution is 2.26. The van der Waals surface area contributed by atoms with E-state index in [0.717, 1.165) is 10.2 Å². The van der Waals surface area contributed by atoms with Crippen LogP contribution in [-0.2, 0) is 6.61 Å². The zero-order chi connectivity index (χ0) is 18.6. The van der Waals surface area contributed by atoms with E-state index >= 15 is 0 Å².